The number of nitrogens with one attached hydrogen (secondary N) is 1. The third-order valence-electron chi connectivity index (χ3n) is 6.37. The van der Waals surface area contributed by atoms with Gasteiger partial charge in [-0.1, -0.05) is 12.1 Å². The minimum Gasteiger partial charge on any atom is -0.368 e. The smallest absolute Gasteiger partial charge is 0.249 e. The minimum atomic E-state index is -2.51. The molecule has 10 nitrogen and oxygen atoms in total. The monoisotopic (exact) mass is 476 g/mol. The number of alkyl halides is 2. The zero-order chi connectivity index (χ0) is 24.2. The van der Waals surface area contributed by atoms with Crippen LogP contribution in [0.3, 0.4) is 0 Å². The number of nitrogen functional groups attached to an aromatic ring is 1. The Morgan fingerprint density at radius 2 is 1.66 bits per heavy atom. The van der Waals surface area contributed by atoms with Crippen molar-refractivity contribution in [3.63, 3.8) is 0 Å². The first kappa shape index (κ1) is 21.3. The van der Waals surface area contributed by atoms with Gasteiger partial charge in [0.1, 0.15) is 0 Å². The molecule has 35 heavy (non-hydrogen) atoms. The largest absolute Gasteiger partial charge is 0.368 e. The Bertz CT molecular complexity index is 1370. The van der Waals surface area contributed by atoms with Gasteiger partial charge < -0.3 is 16.0 Å². The standard InChI is InChI=1S/C23H22F2N10/c1-34-21(30-16-4-2-14(3-5-16)17-6-7-27-19(26)31-17)32-18(33-34)15-8-28-20(29-9-15)35-12-22(13-35)10-23(24,25)11-22/h2-9H,10-13H2,1H3,(H2,26,27,31)(H,30,32,33). The van der Waals surface area contributed by atoms with E-state index in [-0.39, 0.29) is 24.2 Å². The third kappa shape index (κ3) is 4.00. The lowest BCUT2D eigenvalue weighted by atomic mass is 9.61. The SMILES string of the molecule is Cn1nc(-c2cnc(N3CC4(C3)CC(F)(F)C4)nc2)nc1Nc1ccc(-c2ccnc(N)n2)cc1. The van der Waals surface area contributed by atoms with Crippen LogP contribution in [0.1, 0.15) is 12.8 Å². The molecule has 1 saturated carbocycles. The Balaban J connectivity index is 1.12. The van der Waals surface area contributed by atoms with Gasteiger partial charge in [-0.05, 0) is 18.2 Å². The van der Waals surface area contributed by atoms with Crippen LogP contribution in [-0.2, 0) is 7.05 Å². The maximum absolute atomic E-state index is 13.2. The highest BCUT2D eigenvalue weighted by Crippen LogP contribution is 2.57. The van der Waals surface area contributed by atoms with E-state index in [1.165, 1.54) is 0 Å². The second kappa shape index (κ2) is 7.65. The zero-order valence-corrected chi connectivity index (χ0v) is 18.9. The van der Waals surface area contributed by atoms with E-state index in [2.05, 4.69) is 35.3 Å². The highest BCUT2D eigenvalue weighted by molar-refractivity contribution is 5.65. The lowest BCUT2D eigenvalue weighted by Gasteiger charge is -2.58. The van der Waals surface area contributed by atoms with Crippen molar-refractivity contribution in [2.75, 3.05) is 29.0 Å². The highest BCUT2D eigenvalue weighted by atomic mass is 19.3. The molecule has 1 aliphatic heterocycles. The van der Waals surface area contributed by atoms with E-state index in [1.54, 1.807) is 36.4 Å². The maximum Gasteiger partial charge on any atom is 0.249 e. The van der Waals surface area contributed by atoms with E-state index in [0.717, 1.165) is 16.9 Å². The van der Waals surface area contributed by atoms with E-state index < -0.39 is 5.92 Å². The summed E-state index contributed by atoms with van der Waals surface area (Å²) in [7, 11) is 1.79. The molecule has 4 aromatic rings. The van der Waals surface area contributed by atoms with Crippen LogP contribution in [-0.4, -0.2) is 53.7 Å². The molecule has 1 spiro atoms. The number of nitrogens with zero attached hydrogens (tertiary/aromatic N) is 8. The van der Waals surface area contributed by atoms with E-state index in [1.807, 2.05) is 29.2 Å². The fourth-order valence-electron chi connectivity index (χ4n) is 4.78. The van der Waals surface area contributed by atoms with Crippen LogP contribution >= 0.6 is 0 Å². The highest BCUT2D eigenvalue weighted by Gasteiger charge is 2.62. The van der Waals surface area contributed by atoms with Crippen LogP contribution < -0.4 is 16.0 Å². The van der Waals surface area contributed by atoms with Crippen molar-refractivity contribution >= 4 is 23.5 Å². The predicted molar refractivity (Wildman–Crippen MR) is 126 cm³/mol. The summed E-state index contributed by atoms with van der Waals surface area (Å²) >= 11 is 0. The summed E-state index contributed by atoms with van der Waals surface area (Å²) in [6, 6.07) is 9.49. The first-order valence-electron chi connectivity index (χ1n) is 11.1. The fraction of sp³-hybridized carbons (Fsp3) is 0.304. The van der Waals surface area contributed by atoms with Crippen molar-refractivity contribution in [1.82, 2.24) is 34.7 Å². The summed E-state index contributed by atoms with van der Waals surface area (Å²) in [6.45, 7) is 1.14. The van der Waals surface area contributed by atoms with Crippen LogP contribution in [0.5, 0.6) is 0 Å². The van der Waals surface area contributed by atoms with Gasteiger partial charge in [-0.3, -0.25) is 0 Å². The van der Waals surface area contributed by atoms with Gasteiger partial charge in [0.25, 0.3) is 0 Å². The van der Waals surface area contributed by atoms with Crippen molar-refractivity contribution < 1.29 is 8.78 Å². The van der Waals surface area contributed by atoms with Crippen molar-refractivity contribution in [2.45, 2.75) is 18.8 Å². The second-order valence-electron chi connectivity index (χ2n) is 9.22. The molecule has 12 heteroatoms. The van der Waals surface area contributed by atoms with Gasteiger partial charge >= 0.3 is 0 Å². The van der Waals surface area contributed by atoms with Gasteiger partial charge in [-0.15, -0.1) is 5.10 Å². The molecular weight excluding hydrogens is 454 g/mol. The fourth-order valence-corrected chi connectivity index (χ4v) is 4.78. The normalized spacial score (nSPS) is 17.6. The number of rotatable bonds is 5. The van der Waals surface area contributed by atoms with Gasteiger partial charge in [0, 0.05) is 68.2 Å². The molecule has 4 heterocycles. The Morgan fingerprint density at radius 3 is 2.31 bits per heavy atom. The molecule has 1 aromatic carbocycles. The summed E-state index contributed by atoms with van der Waals surface area (Å²) in [5.41, 5.74) is 8.55. The molecule has 0 amide bonds. The van der Waals surface area contributed by atoms with Gasteiger partial charge in [0.2, 0.25) is 23.8 Å². The maximum atomic E-state index is 13.2. The summed E-state index contributed by atoms with van der Waals surface area (Å²) < 4.78 is 28.1. The molecule has 178 valence electrons. The van der Waals surface area contributed by atoms with E-state index in [0.29, 0.717) is 36.4 Å². The molecule has 3 N–H and O–H groups in total. The van der Waals surface area contributed by atoms with E-state index in [4.69, 9.17) is 5.73 Å². The Kier molecular flexibility index (Phi) is 4.66. The molecule has 0 radical (unpaired) electrons. The van der Waals surface area contributed by atoms with Crippen LogP contribution in [0.25, 0.3) is 22.6 Å². The number of benzene rings is 1. The number of anilines is 4. The molecule has 0 unspecified atom stereocenters. The lowest BCUT2D eigenvalue weighted by molar-refractivity contribution is -0.170. The van der Waals surface area contributed by atoms with Gasteiger partial charge in [0.05, 0.1) is 11.3 Å². The molecule has 2 aliphatic rings. The van der Waals surface area contributed by atoms with Crippen molar-refractivity contribution in [2.24, 2.45) is 12.5 Å². The number of nitrogens with two attached hydrogens (primary N) is 1. The minimum absolute atomic E-state index is 0.0415. The molecule has 1 aliphatic carbocycles. The Morgan fingerprint density at radius 1 is 0.943 bits per heavy atom. The Labute approximate surface area is 199 Å². The summed E-state index contributed by atoms with van der Waals surface area (Å²) in [6.07, 6.45) is 4.85. The van der Waals surface area contributed by atoms with E-state index in [9.17, 15) is 8.78 Å². The zero-order valence-electron chi connectivity index (χ0n) is 18.9. The number of halogens is 2. The lowest BCUT2D eigenvalue weighted by Crippen LogP contribution is -2.66. The average Bonchev–Trinajstić information content (AvgIpc) is 3.16. The average molecular weight is 476 g/mol. The van der Waals surface area contributed by atoms with Crippen LogP contribution in [0.4, 0.5) is 32.3 Å². The Hall–Kier alpha value is -4.22. The quantitative estimate of drug-likeness (QED) is 0.446. The van der Waals surface area contributed by atoms with Crippen LogP contribution in [0.15, 0.2) is 48.9 Å². The van der Waals surface area contributed by atoms with Crippen molar-refractivity contribution in [3.05, 3.63) is 48.9 Å². The van der Waals surface area contributed by atoms with E-state index >= 15 is 0 Å². The van der Waals surface area contributed by atoms with Crippen LogP contribution in [0, 0.1) is 5.41 Å². The molecule has 0 atom stereocenters. The number of aryl methyl sites for hydroxylation is 1. The van der Waals surface area contributed by atoms with Gasteiger partial charge in [0.15, 0.2) is 5.82 Å². The first-order chi connectivity index (χ1) is 16.8. The molecular formula is C23H22F2N10. The molecule has 0 bridgehead atoms. The van der Waals surface area contributed by atoms with Gasteiger partial charge in [-0.2, -0.15) is 4.98 Å². The third-order valence-corrected chi connectivity index (χ3v) is 6.37. The number of hydrogen-bond acceptors (Lipinski definition) is 9. The second-order valence-corrected chi connectivity index (χ2v) is 9.22. The predicted octanol–water partition coefficient (Wildman–Crippen LogP) is 3.29. The summed E-state index contributed by atoms with van der Waals surface area (Å²) in [5.74, 6) is -0.716. The summed E-state index contributed by atoms with van der Waals surface area (Å²) in [4.78, 5) is 23.4. The molecule has 2 fully saturated rings. The molecule has 3 aromatic heterocycles. The first-order valence-corrected chi connectivity index (χ1v) is 11.1. The number of hydrogen-bond donors (Lipinski definition) is 2. The number of aromatic nitrogens is 7. The summed E-state index contributed by atoms with van der Waals surface area (Å²) in [5, 5.41) is 7.71. The molecule has 1 saturated heterocycles. The van der Waals surface area contributed by atoms with Gasteiger partial charge in [-0.25, -0.2) is 33.4 Å². The van der Waals surface area contributed by atoms with Crippen molar-refractivity contribution in [1.29, 1.82) is 0 Å². The topological polar surface area (TPSA) is 124 Å². The van der Waals surface area contributed by atoms with Crippen LogP contribution in [0.2, 0.25) is 0 Å². The van der Waals surface area contributed by atoms with Crippen molar-refractivity contribution in [3.8, 4) is 22.6 Å². The molecule has 6 rings (SSSR count).